The molecule has 0 aromatic rings. The number of hydrogen-bond acceptors (Lipinski definition) is 4. The molecule has 0 aromatic heterocycles. The van der Waals surface area contributed by atoms with Crippen LogP contribution in [-0.4, -0.2) is 51.0 Å². The first-order valence-electron chi connectivity index (χ1n) is 7.59. The standard InChI is InChI=1S/C15H25NO5/c1-14(2,3)21-13(20)16-9-11(17)8-15(16,12(18)19)10-6-4-5-7-10/h10-11,17H,4-9H2,1-3H3,(H,18,19)/t11-,15-/m1/s1. The smallest absolute Gasteiger partial charge is 0.411 e. The normalized spacial score (nSPS) is 30.7. The first kappa shape index (κ1) is 16.1. The van der Waals surface area contributed by atoms with Gasteiger partial charge >= 0.3 is 12.1 Å². The number of aliphatic hydroxyl groups is 1. The predicted molar refractivity (Wildman–Crippen MR) is 75.9 cm³/mol. The van der Waals surface area contributed by atoms with Gasteiger partial charge in [0.05, 0.1) is 12.6 Å². The number of nitrogens with zero attached hydrogens (tertiary/aromatic N) is 1. The van der Waals surface area contributed by atoms with Crippen molar-refractivity contribution >= 4 is 12.1 Å². The molecule has 0 radical (unpaired) electrons. The van der Waals surface area contributed by atoms with Gasteiger partial charge in [-0.05, 0) is 39.5 Å². The van der Waals surface area contributed by atoms with Crippen LogP contribution < -0.4 is 0 Å². The van der Waals surface area contributed by atoms with Crippen molar-refractivity contribution in [3.05, 3.63) is 0 Å². The molecule has 1 saturated heterocycles. The summed E-state index contributed by atoms with van der Waals surface area (Å²) in [4.78, 5) is 25.6. The fourth-order valence-electron chi connectivity index (χ4n) is 3.63. The van der Waals surface area contributed by atoms with Crippen LogP contribution in [0.2, 0.25) is 0 Å². The van der Waals surface area contributed by atoms with Gasteiger partial charge in [0.15, 0.2) is 0 Å². The number of carboxylic acid groups (broad SMARTS) is 1. The molecule has 2 atom stereocenters. The summed E-state index contributed by atoms with van der Waals surface area (Å²) in [7, 11) is 0. The van der Waals surface area contributed by atoms with E-state index in [0.717, 1.165) is 25.7 Å². The molecule has 1 aliphatic heterocycles. The van der Waals surface area contributed by atoms with Crippen molar-refractivity contribution in [1.29, 1.82) is 0 Å². The average molecular weight is 299 g/mol. The summed E-state index contributed by atoms with van der Waals surface area (Å²) >= 11 is 0. The summed E-state index contributed by atoms with van der Waals surface area (Å²) < 4.78 is 5.35. The summed E-state index contributed by atoms with van der Waals surface area (Å²) in [5.74, 6) is -1.14. The van der Waals surface area contributed by atoms with E-state index in [-0.39, 0.29) is 18.9 Å². The number of amides is 1. The molecule has 21 heavy (non-hydrogen) atoms. The predicted octanol–water partition coefficient (Wildman–Crippen LogP) is 2.00. The minimum atomic E-state index is -1.32. The van der Waals surface area contributed by atoms with E-state index in [0.29, 0.717) is 0 Å². The minimum absolute atomic E-state index is 0.0255. The first-order valence-corrected chi connectivity index (χ1v) is 7.59. The number of aliphatic carboxylic acids is 1. The van der Waals surface area contributed by atoms with Crippen molar-refractivity contribution in [2.75, 3.05) is 6.54 Å². The van der Waals surface area contributed by atoms with Crippen LogP contribution >= 0.6 is 0 Å². The third-order valence-corrected chi connectivity index (χ3v) is 4.44. The van der Waals surface area contributed by atoms with Gasteiger partial charge in [-0.25, -0.2) is 9.59 Å². The fraction of sp³-hybridized carbons (Fsp3) is 0.867. The Hall–Kier alpha value is -1.30. The molecular weight excluding hydrogens is 274 g/mol. The Morgan fingerprint density at radius 3 is 2.29 bits per heavy atom. The van der Waals surface area contributed by atoms with Gasteiger partial charge in [0, 0.05) is 6.42 Å². The number of ether oxygens (including phenoxy) is 1. The molecule has 6 nitrogen and oxygen atoms in total. The Morgan fingerprint density at radius 2 is 1.81 bits per heavy atom. The van der Waals surface area contributed by atoms with E-state index in [4.69, 9.17) is 4.74 Å². The summed E-state index contributed by atoms with van der Waals surface area (Å²) in [5.41, 5.74) is -2.01. The quantitative estimate of drug-likeness (QED) is 0.814. The Morgan fingerprint density at radius 1 is 1.24 bits per heavy atom. The molecule has 0 unspecified atom stereocenters. The number of rotatable bonds is 2. The third kappa shape index (κ3) is 3.00. The van der Waals surface area contributed by atoms with Crippen LogP contribution in [0.5, 0.6) is 0 Å². The highest BCUT2D eigenvalue weighted by molar-refractivity contribution is 5.86. The Kier molecular flexibility index (Phi) is 4.19. The van der Waals surface area contributed by atoms with Crippen molar-refractivity contribution in [3.8, 4) is 0 Å². The lowest BCUT2D eigenvalue weighted by atomic mass is 9.80. The molecule has 1 saturated carbocycles. The second-order valence-corrected chi connectivity index (χ2v) is 7.16. The SMILES string of the molecule is CC(C)(C)OC(=O)N1C[C@H](O)C[C@]1(C(=O)O)C1CCCC1. The van der Waals surface area contributed by atoms with Crippen LogP contribution in [0.25, 0.3) is 0 Å². The molecule has 1 heterocycles. The lowest BCUT2D eigenvalue weighted by Crippen LogP contribution is -2.58. The molecule has 2 aliphatic rings. The fourth-order valence-corrected chi connectivity index (χ4v) is 3.63. The van der Waals surface area contributed by atoms with Crippen molar-refractivity contribution < 1.29 is 24.5 Å². The van der Waals surface area contributed by atoms with E-state index in [2.05, 4.69) is 0 Å². The molecule has 6 heteroatoms. The van der Waals surface area contributed by atoms with E-state index in [9.17, 15) is 19.8 Å². The maximum absolute atomic E-state index is 12.4. The van der Waals surface area contributed by atoms with Crippen molar-refractivity contribution in [2.45, 2.75) is 70.1 Å². The highest BCUT2D eigenvalue weighted by Gasteiger charge is 2.59. The van der Waals surface area contributed by atoms with Crippen LogP contribution in [0.4, 0.5) is 4.79 Å². The monoisotopic (exact) mass is 299 g/mol. The summed E-state index contributed by atoms with van der Waals surface area (Å²) in [6.07, 6.45) is 2.13. The molecule has 0 bridgehead atoms. The number of carboxylic acids is 1. The number of likely N-dealkylation sites (tertiary alicyclic amines) is 1. The highest BCUT2D eigenvalue weighted by atomic mass is 16.6. The van der Waals surface area contributed by atoms with Gasteiger partial charge in [-0.2, -0.15) is 0 Å². The highest BCUT2D eigenvalue weighted by Crippen LogP contribution is 2.45. The number of hydrogen-bond donors (Lipinski definition) is 2. The number of carbonyl (C=O) groups is 2. The van der Waals surface area contributed by atoms with Crippen molar-refractivity contribution in [1.82, 2.24) is 4.90 Å². The van der Waals surface area contributed by atoms with Gasteiger partial charge in [0.25, 0.3) is 0 Å². The molecule has 2 N–H and O–H groups in total. The molecule has 1 aliphatic carbocycles. The maximum atomic E-state index is 12.4. The molecule has 1 amide bonds. The lowest BCUT2D eigenvalue weighted by molar-refractivity contribution is -0.153. The number of carbonyl (C=O) groups excluding carboxylic acids is 1. The van der Waals surface area contributed by atoms with Crippen molar-refractivity contribution in [2.24, 2.45) is 5.92 Å². The summed E-state index contributed by atoms with van der Waals surface area (Å²) in [5, 5.41) is 19.8. The van der Waals surface area contributed by atoms with E-state index >= 15 is 0 Å². The number of β-amino-alcohol motifs (C(OH)–C–C–N with tert-alkyl or cyclic N) is 1. The van der Waals surface area contributed by atoms with Crippen LogP contribution in [0.15, 0.2) is 0 Å². The van der Waals surface area contributed by atoms with E-state index < -0.39 is 29.3 Å². The molecule has 0 spiro atoms. The van der Waals surface area contributed by atoms with E-state index in [1.54, 1.807) is 20.8 Å². The second kappa shape index (κ2) is 5.48. The summed E-state index contributed by atoms with van der Waals surface area (Å²) in [6.45, 7) is 5.26. The second-order valence-electron chi connectivity index (χ2n) is 7.16. The average Bonchev–Trinajstić information content (AvgIpc) is 2.93. The van der Waals surface area contributed by atoms with Gasteiger partial charge < -0.3 is 14.9 Å². The van der Waals surface area contributed by atoms with Gasteiger partial charge in [-0.15, -0.1) is 0 Å². The lowest BCUT2D eigenvalue weighted by Gasteiger charge is -2.39. The summed E-state index contributed by atoms with van der Waals surface area (Å²) in [6, 6.07) is 0. The Labute approximate surface area is 125 Å². The van der Waals surface area contributed by atoms with Gasteiger partial charge in [0.2, 0.25) is 0 Å². The van der Waals surface area contributed by atoms with Crippen LogP contribution in [-0.2, 0) is 9.53 Å². The molecule has 2 fully saturated rings. The van der Waals surface area contributed by atoms with E-state index in [1.807, 2.05) is 0 Å². The van der Waals surface area contributed by atoms with Gasteiger partial charge in [0.1, 0.15) is 11.1 Å². The topological polar surface area (TPSA) is 87.1 Å². The van der Waals surface area contributed by atoms with Crippen molar-refractivity contribution in [3.63, 3.8) is 0 Å². The minimum Gasteiger partial charge on any atom is -0.479 e. The number of aliphatic hydroxyl groups excluding tert-OH is 1. The first-order chi connectivity index (χ1) is 9.67. The zero-order chi connectivity index (χ0) is 15.8. The maximum Gasteiger partial charge on any atom is 0.411 e. The zero-order valence-electron chi connectivity index (χ0n) is 13.0. The van der Waals surface area contributed by atoms with E-state index in [1.165, 1.54) is 4.90 Å². The Balaban J connectivity index is 2.32. The largest absolute Gasteiger partial charge is 0.479 e. The van der Waals surface area contributed by atoms with Gasteiger partial charge in [-0.3, -0.25) is 4.90 Å². The van der Waals surface area contributed by atoms with Gasteiger partial charge in [-0.1, -0.05) is 12.8 Å². The zero-order valence-corrected chi connectivity index (χ0v) is 13.0. The molecular formula is C15H25NO5. The molecule has 0 aromatic carbocycles. The van der Waals surface area contributed by atoms with Crippen LogP contribution in [0, 0.1) is 5.92 Å². The molecule has 2 rings (SSSR count). The van der Waals surface area contributed by atoms with Crippen LogP contribution in [0.3, 0.4) is 0 Å². The Bertz CT molecular complexity index is 424. The molecule has 120 valence electrons. The third-order valence-electron chi connectivity index (χ3n) is 4.44. The van der Waals surface area contributed by atoms with Crippen LogP contribution in [0.1, 0.15) is 52.9 Å².